The fourth-order valence-electron chi connectivity index (χ4n) is 2.80. The molecule has 37 heavy (non-hydrogen) atoms. The van der Waals surface area contributed by atoms with Crippen LogP contribution >= 0.6 is 0 Å². The molecule has 0 radical (unpaired) electrons. The lowest BCUT2D eigenvalue weighted by atomic mass is 10.1. The van der Waals surface area contributed by atoms with Crippen LogP contribution in [0.2, 0.25) is 0 Å². The van der Waals surface area contributed by atoms with Gasteiger partial charge in [0, 0.05) is 18.8 Å². The molecule has 0 aliphatic rings. The third-order valence-electron chi connectivity index (χ3n) is 3.92. The fourth-order valence-corrected chi connectivity index (χ4v) is 2.80. The second kappa shape index (κ2) is 11.4. The molecule has 1 atom stereocenters. The molecule has 0 aliphatic carbocycles. The van der Waals surface area contributed by atoms with Crippen molar-refractivity contribution >= 4 is 24.1 Å². The van der Waals surface area contributed by atoms with Gasteiger partial charge in [0.1, 0.15) is 28.4 Å². The molecule has 11 nitrogen and oxygen atoms in total. The van der Waals surface area contributed by atoms with Gasteiger partial charge in [0.05, 0.1) is 5.69 Å². The summed E-state index contributed by atoms with van der Waals surface area (Å²) in [6, 6.07) is -1.60. The quantitative estimate of drug-likeness (QED) is 0.389. The van der Waals surface area contributed by atoms with E-state index in [0.717, 1.165) is 0 Å². The van der Waals surface area contributed by atoms with Crippen LogP contribution in [0.1, 0.15) is 99.3 Å². The van der Waals surface area contributed by atoms with Crippen molar-refractivity contribution in [2.45, 2.75) is 118 Å². The summed E-state index contributed by atoms with van der Waals surface area (Å²) in [6.07, 6.45) is -0.0399. The molecule has 0 N–H and O–H groups in total. The topological polar surface area (TPSA) is 134 Å². The zero-order valence-electron chi connectivity index (χ0n) is 24.0. The Morgan fingerprint density at radius 3 is 1.49 bits per heavy atom. The van der Waals surface area contributed by atoms with E-state index in [9.17, 15) is 19.2 Å². The van der Waals surface area contributed by atoms with Crippen LogP contribution in [0, 0.1) is 0 Å². The van der Waals surface area contributed by atoms with Crippen LogP contribution in [-0.4, -0.2) is 67.4 Å². The number of rotatable bonds is 5. The van der Waals surface area contributed by atoms with Gasteiger partial charge in [-0.05, 0) is 83.1 Å². The summed E-state index contributed by atoms with van der Waals surface area (Å²) >= 11 is 0. The van der Waals surface area contributed by atoms with Crippen molar-refractivity contribution in [3.05, 3.63) is 23.8 Å². The van der Waals surface area contributed by atoms with Crippen LogP contribution in [0.15, 0.2) is 12.4 Å². The maximum absolute atomic E-state index is 13.4. The van der Waals surface area contributed by atoms with Gasteiger partial charge in [-0.2, -0.15) is 4.90 Å². The molecule has 0 aromatic carbocycles. The molecule has 0 saturated carbocycles. The molecule has 208 valence electrons. The number of ether oxygens (including phenoxy) is 4. The Kier molecular flexibility index (Phi) is 9.82. The molecule has 0 spiro atoms. The molecular weight excluding hydrogens is 482 g/mol. The summed E-state index contributed by atoms with van der Waals surface area (Å²) in [5.74, 6) is -1.70. The second-order valence-electron chi connectivity index (χ2n) is 12.4. The molecule has 1 heterocycles. The molecule has 11 heteroatoms. The summed E-state index contributed by atoms with van der Waals surface area (Å²) in [7, 11) is 0. The van der Waals surface area contributed by atoms with E-state index in [0.29, 0.717) is 4.90 Å². The van der Waals surface area contributed by atoms with Crippen molar-refractivity contribution in [2.24, 2.45) is 0 Å². The predicted octanol–water partition coefficient (Wildman–Crippen LogP) is 4.86. The highest BCUT2D eigenvalue weighted by atomic mass is 16.6. The maximum Gasteiger partial charge on any atom is 0.420 e. The Hall–Kier alpha value is -3.24. The van der Waals surface area contributed by atoms with Crippen LogP contribution in [0.25, 0.3) is 0 Å². The number of esters is 2. The predicted molar refractivity (Wildman–Crippen MR) is 135 cm³/mol. The lowest BCUT2D eigenvalue weighted by molar-refractivity contribution is -0.161. The first-order valence-corrected chi connectivity index (χ1v) is 12.0. The van der Waals surface area contributed by atoms with Crippen LogP contribution in [0.4, 0.5) is 9.59 Å². The molecule has 0 unspecified atom stereocenters. The Bertz CT molecular complexity index is 967. The van der Waals surface area contributed by atoms with Gasteiger partial charge in [-0.15, -0.1) is 0 Å². The Morgan fingerprint density at radius 1 is 0.676 bits per heavy atom. The monoisotopic (exact) mass is 523 g/mol. The second-order valence-corrected chi connectivity index (χ2v) is 12.4. The minimum absolute atomic E-state index is 0.0183. The zero-order valence-corrected chi connectivity index (χ0v) is 24.0. The average Bonchev–Trinajstić information content (AvgIpc) is 2.62. The Balaban J connectivity index is 3.66. The third-order valence-corrected chi connectivity index (χ3v) is 3.92. The number of amides is 2. The van der Waals surface area contributed by atoms with Gasteiger partial charge in [0.15, 0.2) is 5.69 Å². The molecule has 0 fully saturated rings. The number of hydrogen-bond donors (Lipinski definition) is 0. The Morgan fingerprint density at radius 2 is 1.08 bits per heavy atom. The summed E-state index contributed by atoms with van der Waals surface area (Å²) in [4.78, 5) is 61.6. The van der Waals surface area contributed by atoms with Gasteiger partial charge in [-0.3, -0.25) is 4.98 Å². The number of carbonyl (C=O) groups is 4. The van der Waals surface area contributed by atoms with Crippen molar-refractivity contribution in [3.63, 3.8) is 0 Å². The maximum atomic E-state index is 13.4. The third kappa shape index (κ3) is 11.6. The summed E-state index contributed by atoms with van der Waals surface area (Å²) in [5, 5.41) is 0. The van der Waals surface area contributed by atoms with Gasteiger partial charge in [-0.1, -0.05) is 0 Å². The first-order valence-electron chi connectivity index (χ1n) is 12.0. The molecule has 1 aromatic heterocycles. The minimum atomic E-state index is -1.60. The van der Waals surface area contributed by atoms with E-state index in [1.165, 1.54) is 12.4 Å². The molecular formula is C26H41N3O8. The number of hydrogen-bond acceptors (Lipinski definition) is 10. The number of imide groups is 1. The molecule has 1 aromatic rings. The van der Waals surface area contributed by atoms with E-state index in [-0.39, 0.29) is 11.4 Å². The summed E-state index contributed by atoms with van der Waals surface area (Å²) < 4.78 is 21.8. The standard InChI is InChI=1S/C26H41N3O8/c1-23(2,3)34-19(30)17(15-16-18(28-14-13-27-16)20(31)35-24(4,5)6)29(21(32)36-25(7,8)9)22(33)37-26(10,11)12/h13-14,17H,15H2,1-12H3/t17-/m0/s1. The van der Waals surface area contributed by atoms with Gasteiger partial charge < -0.3 is 18.9 Å². The summed E-state index contributed by atoms with van der Waals surface area (Å²) in [5.41, 5.74) is -3.92. The smallest absolute Gasteiger partial charge is 0.420 e. The van der Waals surface area contributed by atoms with Gasteiger partial charge >= 0.3 is 24.1 Å². The van der Waals surface area contributed by atoms with Gasteiger partial charge in [0.2, 0.25) is 0 Å². The Labute approximate surface area is 219 Å². The number of nitrogens with zero attached hydrogens (tertiary/aromatic N) is 3. The first kappa shape index (κ1) is 31.8. The normalized spacial score (nSPS) is 13.3. The molecule has 1 rings (SSSR count). The van der Waals surface area contributed by atoms with E-state index in [1.54, 1.807) is 83.1 Å². The van der Waals surface area contributed by atoms with Gasteiger partial charge in [0.25, 0.3) is 0 Å². The van der Waals surface area contributed by atoms with Crippen LogP contribution in [0.5, 0.6) is 0 Å². The minimum Gasteiger partial charge on any atom is -0.458 e. The van der Waals surface area contributed by atoms with Crippen molar-refractivity contribution in [3.8, 4) is 0 Å². The van der Waals surface area contributed by atoms with E-state index in [1.807, 2.05) is 0 Å². The average molecular weight is 524 g/mol. The van der Waals surface area contributed by atoms with E-state index >= 15 is 0 Å². The molecule has 0 aliphatic heterocycles. The highest BCUT2D eigenvalue weighted by Gasteiger charge is 2.43. The van der Waals surface area contributed by atoms with E-state index in [2.05, 4.69) is 9.97 Å². The van der Waals surface area contributed by atoms with Crippen LogP contribution in [-0.2, 0) is 30.2 Å². The number of aromatic nitrogens is 2. The fraction of sp³-hybridized carbons (Fsp3) is 0.692. The van der Waals surface area contributed by atoms with Gasteiger partial charge in [-0.25, -0.2) is 24.2 Å². The SMILES string of the molecule is CC(C)(C)OC(=O)c1nccnc1C[C@@H](C(=O)OC(C)(C)C)N(C(=O)OC(C)(C)C)C(=O)OC(C)(C)C. The van der Waals surface area contributed by atoms with Crippen LogP contribution in [0.3, 0.4) is 0 Å². The lowest BCUT2D eigenvalue weighted by Gasteiger charge is -2.33. The van der Waals surface area contributed by atoms with Crippen molar-refractivity contribution in [1.82, 2.24) is 14.9 Å². The largest absolute Gasteiger partial charge is 0.458 e. The summed E-state index contributed by atoms with van der Waals surface area (Å²) in [6.45, 7) is 19.7. The zero-order chi connectivity index (χ0) is 29.0. The van der Waals surface area contributed by atoms with Crippen molar-refractivity contribution in [1.29, 1.82) is 0 Å². The molecule has 0 bridgehead atoms. The van der Waals surface area contributed by atoms with E-state index < -0.39 is 59.0 Å². The first-order chi connectivity index (χ1) is 16.5. The van der Waals surface area contributed by atoms with Crippen molar-refractivity contribution < 1.29 is 38.1 Å². The molecule has 0 saturated heterocycles. The van der Waals surface area contributed by atoms with Crippen molar-refractivity contribution in [2.75, 3.05) is 0 Å². The molecule has 2 amide bonds. The van der Waals surface area contributed by atoms with E-state index in [4.69, 9.17) is 18.9 Å². The number of carbonyl (C=O) groups excluding carboxylic acids is 4. The highest BCUT2D eigenvalue weighted by Crippen LogP contribution is 2.23. The lowest BCUT2D eigenvalue weighted by Crippen LogP contribution is -2.54. The highest BCUT2D eigenvalue weighted by molar-refractivity contribution is 5.95. The van der Waals surface area contributed by atoms with Crippen LogP contribution < -0.4 is 0 Å².